The van der Waals surface area contributed by atoms with Crippen molar-refractivity contribution in [3.63, 3.8) is 0 Å². The van der Waals surface area contributed by atoms with Crippen molar-refractivity contribution in [2.24, 2.45) is 0 Å². The Labute approximate surface area is 109 Å². The van der Waals surface area contributed by atoms with E-state index in [0.29, 0.717) is 18.7 Å². The van der Waals surface area contributed by atoms with Gasteiger partial charge in [0, 0.05) is 36.6 Å². The van der Waals surface area contributed by atoms with Gasteiger partial charge in [-0.05, 0) is 18.1 Å². The number of halogens is 1. The molecule has 1 aromatic carbocycles. The minimum Gasteiger partial charge on any atom is -0.385 e. The zero-order chi connectivity index (χ0) is 13.7. The SMILES string of the molecule is O=[N+]([O-])c1ccc(CCNc2ccnc(F)c2)cc1. The molecule has 1 heterocycles. The molecule has 0 aliphatic heterocycles. The zero-order valence-corrected chi connectivity index (χ0v) is 10.0. The van der Waals surface area contributed by atoms with Crippen LogP contribution in [0.15, 0.2) is 42.6 Å². The molecule has 0 atom stereocenters. The summed E-state index contributed by atoms with van der Waals surface area (Å²) in [6.07, 6.45) is 2.09. The second-order valence-corrected chi connectivity index (χ2v) is 3.97. The number of hydrogen-bond acceptors (Lipinski definition) is 4. The Balaban J connectivity index is 1.87. The third-order valence-electron chi connectivity index (χ3n) is 2.62. The highest BCUT2D eigenvalue weighted by Crippen LogP contribution is 2.13. The van der Waals surface area contributed by atoms with E-state index in [1.54, 1.807) is 18.2 Å². The largest absolute Gasteiger partial charge is 0.385 e. The summed E-state index contributed by atoms with van der Waals surface area (Å²) in [7, 11) is 0. The zero-order valence-electron chi connectivity index (χ0n) is 10.0. The van der Waals surface area contributed by atoms with Crippen LogP contribution in [-0.4, -0.2) is 16.5 Å². The van der Waals surface area contributed by atoms with Gasteiger partial charge in [0.05, 0.1) is 4.92 Å². The molecule has 0 saturated heterocycles. The molecule has 1 N–H and O–H groups in total. The van der Waals surface area contributed by atoms with Gasteiger partial charge in [0.2, 0.25) is 5.95 Å². The first-order chi connectivity index (χ1) is 9.15. The molecular weight excluding hydrogens is 249 g/mol. The van der Waals surface area contributed by atoms with Crippen molar-refractivity contribution < 1.29 is 9.31 Å². The topological polar surface area (TPSA) is 68.1 Å². The number of hydrogen-bond donors (Lipinski definition) is 1. The average molecular weight is 261 g/mol. The average Bonchev–Trinajstić information content (AvgIpc) is 2.39. The lowest BCUT2D eigenvalue weighted by Gasteiger charge is -2.06. The molecule has 0 amide bonds. The lowest BCUT2D eigenvalue weighted by molar-refractivity contribution is -0.384. The molecule has 1 aromatic heterocycles. The van der Waals surface area contributed by atoms with E-state index in [0.717, 1.165) is 5.56 Å². The van der Waals surface area contributed by atoms with Crippen LogP contribution >= 0.6 is 0 Å². The van der Waals surface area contributed by atoms with Crippen LogP contribution in [-0.2, 0) is 6.42 Å². The van der Waals surface area contributed by atoms with Gasteiger partial charge in [-0.15, -0.1) is 0 Å². The maximum atomic E-state index is 12.8. The predicted octanol–water partition coefficient (Wildman–Crippen LogP) is 2.78. The number of aromatic nitrogens is 1. The van der Waals surface area contributed by atoms with E-state index in [1.807, 2.05) is 0 Å². The van der Waals surface area contributed by atoms with E-state index in [4.69, 9.17) is 0 Å². The van der Waals surface area contributed by atoms with Crippen LogP contribution in [0.5, 0.6) is 0 Å². The van der Waals surface area contributed by atoms with Crippen molar-refractivity contribution in [2.75, 3.05) is 11.9 Å². The lowest BCUT2D eigenvalue weighted by Crippen LogP contribution is -2.05. The van der Waals surface area contributed by atoms with Gasteiger partial charge in [0.15, 0.2) is 0 Å². The van der Waals surface area contributed by atoms with E-state index in [-0.39, 0.29) is 5.69 Å². The van der Waals surface area contributed by atoms with Gasteiger partial charge < -0.3 is 5.32 Å². The predicted molar refractivity (Wildman–Crippen MR) is 69.5 cm³/mol. The number of nitrogens with zero attached hydrogens (tertiary/aromatic N) is 2. The van der Waals surface area contributed by atoms with Crippen LogP contribution in [0.2, 0.25) is 0 Å². The number of benzene rings is 1. The monoisotopic (exact) mass is 261 g/mol. The Morgan fingerprint density at radius 2 is 2.00 bits per heavy atom. The summed E-state index contributed by atoms with van der Waals surface area (Å²) in [5, 5.41) is 13.6. The Bertz CT molecular complexity index is 572. The number of nitro benzene ring substituents is 1. The van der Waals surface area contributed by atoms with Crippen molar-refractivity contribution in [1.29, 1.82) is 0 Å². The fraction of sp³-hybridized carbons (Fsp3) is 0.154. The lowest BCUT2D eigenvalue weighted by atomic mass is 10.1. The third kappa shape index (κ3) is 3.74. The number of non-ortho nitro benzene ring substituents is 1. The van der Waals surface area contributed by atoms with Gasteiger partial charge in [-0.1, -0.05) is 12.1 Å². The van der Waals surface area contributed by atoms with E-state index in [1.165, 1.54) is 24.4 Å². The summed E-state index contributed by atoms with van der Waals surface area (Å²) in [5.41, 5.74) is 1.72. The summed E-state index contributed by atoms with van der Waals surface area (Å²) >= 11 is 0. The van der Waals surface area contributed by atoms with Crippen molar-refractivity contribution in [2.45, 2.75) is 6.42 Å². The number of anilines is 1. The molecule has 5 nitrogen and oxygen atoms in total. The first kappa shape index (κ1) is 12.9. The number of pyridine rings is 1. The summed E-state index contributed by atoms with van der Waals surface area (Å²) in [5.74, 6) is -0.527. The van der Waals surface area contributed by atoms with Crippen LogP contribution < -0.4 is 5.32 Å². The Morgan fingerprint density at radius 3 is 2.63 bits per heavy atom. The molecule has 0 fully saturated rings. The molecule has 0 radical (unpaired) electrons. The highest BCUT2D eigenvalue weighted by atomic mass is 19.1. The van der Waals surface area contributed by atoms with Crippen LogP contribution in [0.25, 0.3) is 0 Å². The molecule has 0 bridgehead atoms. The van der Waals surface area contributed by atoms with E-state index >= 15 is 0 Å². The van der Waals surface area contributed by atoms with Crippen LogP contribution in [0.3, 0.4) is 0 Å². The van der Waals surface area contributed by atoms with E-state index < -0.39 is 10.9 Å². The first-order valence-electron chi connectivity index (χ1n) is 5.74. The number of rotatable bonds is 5. The number of nitrogens with one attached hydrogen (secondary N) is 1. The van der Waals surface area contributed by atoms with Gasteiger partial charge in [-0.25, -0.2) is 4.98 Å². The van der Waals surface area contributed by atoms with Crippen molar-refractivity contribution in [3.8, 4) is 0 Å². The molecule has 2 rings (SSSR count). The maximum absolute atomic E-state index is 12.8. The fourth-order valence-electron chi connectivity index (χ4n) is 1.65. The molecule has 0 saturated carbocycles. The van der Waals surface area contributed by atoms with Crippen molar-refractivity contribution in [3.05, 3.63) is 64.2 Å². The van der Waals surface area contributed by atoms with E-state index in [9.17, 15) is 14.5 Å². The van der Waals surface area contributed by atoms with Crippen molar-refractivity contribution in [1.82, 2.24) is 4.98 Å². The fourth-order valence-corrected chi connectivity index (χ4v) is 1.65. The molecule has 0 aliphatic rings. The first-order valence-corrected chi connectivity index (χ1v) is 5.74. The van der Waals surface area contributed by atoms with E-state index in [2.05, 4.69) is 10.3 Å². The maximum Gasteiger partial charge on any atom is 0.269 e. The normalized spacial score (nSPS) is 10.2. The van der Waals surface area contributed by atoms with Crippen LogP contribution in [0, 0.1) is 16.1 Å². The van der Waals surface area contributed by atoms with Gasteiger partial charge >= 0.3 is 0 Å². The Hall–Kier alpha value is -2.50. The molecule has 0 unspecified atom stereocenters. The van der Waals surface area contributed by atoms with Gasteiger partial charge in [0.25, 0.3) is 5.69 Å². The van der Waals surface area contributed by atoms with Crippen molar-refractivity contribution >= 4 is 11.4 Å². The van der Waals surface area contributed by atoms with Crippen LogP contribution in [0.4, 0.5) is 15.8 Å². The summed E-state index contributed by atoms with van der Waals surface area (Å²) in [6, 6.07) is 9.37. The summed E-state index contributed by atoms with van der Waals surface area (Å²) in [6.45, 7) is 0.612. The summed E-state index contributed by atoms with van der Waals surface area (Å²) < 4.78 is 12.8. The Morgan fingerprint density at radius 1 is 1.26 bits per heavy atom. The smallest absolute Gasteiger partial charge is 0.269 e. The Kier molecular flexibility index (Phi) is 4.02. The molecular formula is C13H12FN3O2. The van der Waals surface area contributed by atoms with Gasteiger partial charge in [0.1, 0.15) is 0 Å². The minimum atomic E-state index is -0.527. The molecule has 6 heteroatoms. The molecule has 19 heavy (non-hydrogen) atoms. The number of nitro groups is 1. The molecule has 98 valence electrons. The quantitative estimate of drug-likeness (QED) is 0.510. The molecule has 0 spiro atoms. The van der Waals surface area contributed by atoms with Crippen LogP contribution in [0.1, 0.15) is 5.56 Å². The van der Waals surface area contributed by atoms with Gasteiger partial charge in [-0.3, -0.25) is 10.1 Å². The minimum absolute atomic E-state index is 0.0768. The highest BCUT2D eigenvalue weighted by molar-refractivity contribution is 5.41. The molecule has 2 aromatic rings. The second kappa shape index (κ2) is 5.90. The molecule has 0 aliphatic carbocycles. The third-order valence-corrected chi connectivity index (χ3v) is 2.62. The summed E-state index contributed by atoms with van der Waals surface area (Å²) in [4.78, 5) is 13.5. The van der Waals surface area contributed by atoms with Gasteiger partial charge in [-0.2, -0.15) is 4.39 Å². The standard InChI is InChI=1S/C13H12FN3O2/c14-13-9-11(6-8-16-13)15-7-5-10-1-3-12(4-2-10)17(18)19/h1-4,6,8-9H,5,7H2,(H,15,16). The second-order valence-electron chi connectivity index (χ2n) is 3.97. The highest BCUT2D eigenvalue weighted by Gasteiger charge is 2.03.